The van der Waals surface area contributed by atoms with Crippen LogP contribution in [-0.4, -0.2) is 45.0 Å². The highest BCUT2D eigenvalue weighted by atomic mass is 32.2. The van der Waals surface area contributed by atoms with E-state index in [9.17, 15) is 5.11 Å². The first-order chi connectivity index (χ1) is 13.1. The molecule has 0 bridgehead atoms. The summed E-state index contributed by atoms with van der Waals surface area (Å²) in [4.78, 5) is 11.8. The number of fused-ring (bicyclic) bond motifs is 1. The smallest absolute Gasteiger partial charge is 0.146 e. The minimum absolute atomic E-state index is 0.126. The molecule has 0 saturated carbocycles. The molecule has 3 N–H and O–H groups in total. The predicted molar refractivity (Wildman–Crippen MR) is 117 cm³/mol. The molecule has 1 atom stereocenters. The molecule has 1 aliphatic carbocycles. The molecule has 3 rings (SSSR count). The molecule has 0 spiro atoms. The number of hydrogen-bond acceptors (Lipinski definition) is 7. The van der Waals surface area contributed by atoms with Crippen LogP contribution in [0.3, 0.4) is 0 Å². The Labute approximate surface area is 170 Å². The minimum atomic E-state index is -0.720. The molecule has 148 valence electrons. The van der Waals surface area contributed by atoms with Gasteiger partial charge in [0.1, 0.15) is 17.2 Å². The van der Waals surface area contributed by atoms with Crippen molar-refractivity contribution in [1.29, 1.82) is 10.8 Å². The monoisotopic (exact) mass is 397 g/mol. The number of likely N-dealkylation sites (N-methyl/N-ethyl adjacent to an activating group) is 1. The fourth-order valence-corrected chi connectivity index (χ4v) is 4.47. The van der Waals surface area contributed by atoms with Crippen molar-refractivity contribution in [3.05, 3.63) is 41.4 Å². The summed E-state index contributed by atoms with van der Waals surface area (Å²) in [5.74, 6) is 0.921. The molecule has 0 saturated heterocycles. The first-order valence-corrected chi connectivity index (χ1v) is 10.1. The SMILES string of the molecule is CC(=N)/C(C)=C1\C(=N)Sc2c1ncnc2N(C)CC1=CCC(C(C)(C)O)C=C1. The maximum absolute atomic E-state index is 10.2. The lowest BCUT2D eigenvalue weighted by Crippen LogP contribution is -2.30. The molecule has 1 aliphatic heterocycles. The molecule has 0 aromatic carbocycles. The molecular weight excluding hydrogens is 370 g/mol. The van der Waals surface area contributed by atoms with E-state index in [1.54, 1.807) is 6.92 Å². The van der Waals surface area contributed by atoms with Gasteiger partial charge in [-0.15, -0.1) is 0 Å². The first-order valence-electron chi connectivity index (χ1n) is 9.29. The molecule has 28 heavy (non-hydrogen) atoms. The lowest BCUT2D eigenvalue weighted by Gasteiger charge is -2.29. The minimum Gasteiger partial charge on any atom is -0.390 e. The Balaban J connectivity index is 1.85. The standard InChI is InChI=1S/C21H27N5OS/c1-12(13(2)22)16-17-18(28-19(16)23)20(25-11-24-17)26(5)10-14-6-8-15(9-7-14)21(3,4)27/h6-8,11,15,22-23,27H,9-10H2,1-5H3/b16-12-,22-13?,23-19?. The van der Waals surface area contributed by atoms with Gasteiger partial charge in [-0.25, -0.2) is 9.97 Å². The summed E-state index contributed by atoms with van der Waals surface area (Å²) in [5.41, 5.74) is 3.15. The van der Waals surface area contributed by atoms with E-state index in [-0.39, 0.29) is 5.92 Å². The van der Waals surface area contributed by atoms with Crippen LogP contribution < -0.4 is 4.90 Å². The van der Waals surface area contributed by atoms with Crippen LogP contribution in [0.25, 0.3) is 5.57 Å². The van der Waals surface area contributed by atoms with E-state index >= 15 is 0 Å². The van der Waals surface area contributed by atoms with E-state index in [1.807, 2.05) is 27.8 Å². The lowest BCUT2D eigenvalue weighted by atomic mass is 9.84. The van der Waals surface area contributed by atoms with Crippen LogP contribution in [0, 0.1) is 16.7 Å². The number of hydrogen-bond donors (Lipinski definition) is 3. The highest BCUT2D eigenvalue weighted by Gasteiger charge is 2.31. The normalized spacial score (nSPS) is 20.7. The maximum atomic E-state index is 10.2. The number of aliphatic hydroxyl groups is 1. The van der Waals surface area contributed by atoms with Gasteiger partial charge < -0.3 is 15.4 Å². The molecule has 2 aliphatic rings. The second-order valence-electron chi connectivity index (χ2n) is 7.92. The van der Waals surface area contributed by atoms with Crippen LogP contribution in [0.4, 0.5) is 5.82 Å². The maximum Gasteiger partial charge on any atom is 0.146 e. The Morgan fingerprint density at radius 3 is 2.64 bits per heavy atom. The van der Waals surface area contributed by atoms with E-state index in [4.69, 9.17) is 10.8 Å². The third kappa shape index (κ3) is 3.95. The number of aromatic nitrogens is 2. The van der Waals surface area contributed by atoms with Gasteiger partial charge in [-0.1, -0.05) is 30.0 Å². The third-order valence-electron chi connectivity index (χ3n) is 5.26. The van der Waals surface area contributed by atoms with Crippen molar-refractivity contribution in [2.24, 2.45) is 5.92 Å². The summed E-state index contributed by atoms with van der Waals surface area (Å²) in [5, 5.41) is 26.9. The zero-order valence-corrected chi connectivity index (χ0v) is 17.8. The van der Waals surface area contributed by atoms with Gasteiger partial charge >= 0.3 is 0 Å². The highest BCUT2D eigenvalue weighted by molar-refractivity contribution is 8.15. The molecule has 0 amide bonds. The Morgan fingerprint density at radius 1 is 1.36 bits per heavy atom. The van der Waals surface area contributed by atoms with Crippen molar-refractivity contribution in [3.8, 4) is 0 Å². The third-order valence-corrected chi connectivity index (χ3v) is 6.24. The lowest BCUT2D eigenvalue weighted by molar-refractivity contribution is 0.0376. The summed E-state index contributed by atoms with van der Waals surface area (Å²) in [6.07, 6.45) is 8.67. The highest BCUT2D eigenvalue weighted by Crippen LogP contribution is 2.45. The summed E-state index contributed by atoms with van der Waals surface area (Å²) in [6.45, 7) is 7.96. The van der Waals surface area contributed by atoms with Crippen molar-refractivity contribution < 1.29 is 5.11 Å². The van der Waals surface area contributed by atoms with Gasteiger partial charge in [-0.3, -0.25) is 5.41 Å². The second kappa shape index (κ2) is 7.64. The summed E-state index contributed by atoms with van der Waals surface area (Å²) >= 11 is 1.36. The largest absolute Gasteiger partial charge is 0.390 e. The van der Waals surface area contributed by atoms with E-state index in [0.717, 1.165) is 34.0 Å². The van der Waals surface area contributed by atoms with Crippen LogP contribution in [0.2, 0.25) is 0 Å². The quantitative estimate of drug-likeness (QED) is 0.651. The molecule has 1 unspecified atom stereocenters. The predicted octanol–water partition coefficient (Wildman–Crippen LogP) is 4.08. The van der Waals surface area contributed by atoms with Gasteiger partial charge in [-0.2, -0.15) is 0 Å². The molecule has 0 fully saturated rings. The van der Waals surface area contributed by atoms with Crippen LogP contribution in [0.15, 0.2) is 40.6 Å². The molecule has 2 heterocycles. The number of nitrogens with zero attached hydrogens (tertiary/aromatic N) is 3. The van der Waals surface area contributed by atoms with Crippen LogP contribution in [0.5, 0.6) is 0 Å². The van der Waals surface area contributed by atoms with Gasteiger partial charge in [0.05, 0.1) is 16.2 Å². The Hall–Kier alpha value is -2.25. The Bertz CT molecular complexity index is 923. The van der Waals surface area contributed by atoms with Crippen molar-refractivity contribution in [2.45, 2.75) is 44.6 Å². The molecule has 1 aromatic heterocycles. The average Bonchev–Trinajstić information content (AvgIpc) is 2.96. The number of anilines is 1. The Kier molecular flexibility index (Phi) is 5.59. The van der Waals surface area contributed by atoms with Crippen LogP contribution in [-0.2, 0) is 0 Å². The fourth-order valence-electron chi connectivity index (χ4n) is 3.36. The summed E-state index contributed by atoms with van der Waals surface area (Å²) < 4.78 is 0. The van der Waals surface area contributed by atoms with Gasteiger partial charge in [0.15, 0.2) is 0 Å². The summed E-state index contributed by atoms with van der Waals surface area (Å²) in [6, 6.07) is 0. The number of allylic oxidation sites excluding steroid dienone is 2. The van der Waals surface area contributed by atoms with E-state index in [2.05, 4.69) is 33.1 Å². The average molecular weight is 398 g/mol. The topological polar surface area (TPSA) is 97.0 Å². The molecule has 1 aromatic rings. The van der Waals surface area contributed by atoms with E-state index in [0.29, 0.717) is 17.3 Å². The fraction of sp³-hybridized carbons (Fsp3) is 0.429. The van der Waals surface area contributed by atoms with Crippen LogP contribution in [0.1, 0.15) is 39.8 Å². The molecule has 6 nitrogen and oxygen atoms in total. The number of thioether (sulfide) groups is 1. The van der Waals surface area contributed by atoms with E-state index in [1.165, 1.54) is 23.7 Å². The number of rotatable bonds is 5. The zero-order chi connectivity index (χ0) is 20.6. The first kappa shape index (κ1) is 20.5. The van der Waals surface area contributed by atoms with Crippen molar-refractivity contribution in [2.75, 3.05) is 18.5 Å². The van der Waals surface area contributed by atoms with E-state index < -0.39 is 5.60 Å². The van der Waals surface area contributed by atoms with Crippen molar-refractivity contribution >= 4 is 33.9 Å². The van der Waals surface area contributed by atoms with Gasteiger partial charge in [0.2, 0.25) is 0 Å². The zero-order valence-electron chi connectivity index (χ0n) is 17.0. The number of nitrogens with one attached hydrogen (secondary N) is 2. The Morgan fingerprint density at radius 2 is 2.07 bits per heavy atom. The van der Waals surface area contributed by atoms with Gasteiger partial charge in [-0.05, 0) is 45.3 Å². The molecule has 7 heteroatoms. The molecular formula is C21H27N5OS. The van der Waals surface area contributed by atoms with Crippen molar-refractivity contribution in [3.63, 3.8) is 0 Å². The molecule has 0 radical (unpaired) electrons. The summed E-state index contributed by atoms with van der Waals surface area (Å²) in [7, 11) is 1.99. The van der Waals surface area contributed by atoms with Gasteiger partial charge in [0, 0.05) is 30.8 Å². The van der Waals surface area contributed by atoms with Gasteiger partial charge in [0.25, 0.3) is 0 Å². The van der Waals surface area contributed by atoms with Crippen LogP contribution >= 0.6 is 11.8 Å². The van der Waals surface area contributed by atoms with Crippen molar-refractivity contribution in [1.82, 2.24) is 9.97 Å². The second-order valence-corrected chi connectivity index (χ2v) is 8.94.